The van der Waals surface area contributed by atoms with Gasteiger partial charge in [-0.05, 0) is 96.6 Å². The lowest BCUT2D eigenvalue weighted by molar-refractivity contribution is 0.0462. The third kappa shape index (κ3) is 5.57. The van der Waals surface area contributed by atoms with Crippen molar-refractivity contribution in [3.05, 3.63) is 113 Å². The number of rotatable bonds is 9. The molecule has 242 valence electrons. The van der Waals surface area contributed by atoms with E-state index >= 15 is 0 Å². The minimum atomic E-state index is -0.410. The zero-order valence-electron chi connectivity index (χ0n) is 27.3. The number of esters is 1. The minimum Gasteiger partial charge on any atom is -0.497 e. The molecule has 2 aromatic heterocycles. The normalized spacial score (nSPS) is 13.4. The second-order valence-electron chi connectivity index (χ2n) is 11.4. The Morgan fingerprint density at radius 3 is 2.21 bits per heavy atom. The van der Waals surface area contributed by atoms with Crippen LogP contribution >= 0.6 is 0 Å². The van der Waals surface area contributed by atoms with Crippen molar-refractivity contribution in [3.8, 4) is 28.7 Å². The summed E-state index contributed by atoms with van der Waals surface area (Å²) in [4.78, 5) is 24.1. The number of benzene rings is 4. The molecule has 7 rings (SSSR count). The third-order valence-corrected chi connectivity index (χ3v) is 8.70. The molecule has 0 fully saturated rings. The van der Waals surface area contributed by atoms with Crippen LogP contribution in [0.15, 0.2) is 84.9 Å². The SMILES string of the molecule is COc1ccc(-n2c(COC(=O)c3c4c(nc5ccccc35)/C(=C\c3cc(OC)c(OC)c(OC)c3)CCC4)nc3ccccc32)cc1. The van der Waals surface area contributed by atoms with Crippen LogP contribution in [0.5, 0.6) is 23.0 Å². The van der Waals surface area contributed by atoms with E-state index in [1.807, 2.05) is 89.5 Å². The van der Waals surface area contributed by atoms with E-state index in [1.54, 1.807) is 28.4 Å². The number of hydrogen-bond acceptors (Lipinski definition) is 8. The molecule has 0 bridgehead atoms. The summed E-state index contributed by atoms with van der Waals surface area (Å²) in [7, 11) is 6.42. The first-order valence-corrected chi connectivity index (χ1v) is 15.7. The average Bonchev–Trinajstić information content (AvgIpc) is 3.51. The van der Waals surface area contributed by atoms with Gasteiger partial charge >= 0.3 is 5.97 Å². The van der Waals surface area contributed by atoms with Crippen LogP contribution in [0.25, 0.3) is 39.3 Å². The Kier molecular flexibility index (Phi) is 8.42. The number of methoxy groups -OCH3 is 4. The monoisotopic (exact) mass is 641 g/mol. The van der Waals surface area contributed by atoms with Gasteiger partial charge in [0.25, 0.3) is 0 Å². The standard InChI is InChI=1S/C39H35N3O6/c1-44-27-18-16-26(17-19-27)42-32-15-8-7-14-31(32)40-35(42)23-48-39(43)36-28-11-5-6-13-30(28)41-37-25(10-9-12-29(36)37)20-24-21-33(45-2)38(47-4)34(22-24)46-3/h5-8,11,13-22H,9-10,12,23H2,1-4H3/b25-20-. The van der Waals surface area contributed by atoms with Gasteiger partial charge in [0.1, 0.15) is 12.4 Å². The van der Waals surface area contributed by atoms with Crippen molar-refractivity contribution in [2.75, 3.05) is 28.4 Å². The number of nitrogens with zero attached hydrogens (tertiary/aromatic N) is 3. The summed E-state index contributed by atoms with van der Waals surface area (Å²) in [6.45, 7) is -0.0148. The number of imidazole rings is 1. The Labute approximate surface area is 278 Å². The van der Waals surface area contributed by atoms with Gasteiger partial charge in [0.2, 0.25) is 5.75 Å². The van der Waals surface area contributed by atoms with Gasteiger partial charge in [0.15, 0.2) is 17.3 Å². The highest BCUT2D eigenvalue weighted by atomic mass is 16.5. The highest BCUT2D eigenvalue weighted by molar-refractivity contribution is 6.06. The van der Waals surface area contributed by atoms with E-state index in [0.717, 1.165) is 68.6 Å². The molecule has 48 heavy (non-hydrogen) atoms. The molecular formula is C39H35N3O6. The van der Waals surface area contributed by atoms with E-state index in [4.69, 9.17) is 33.7 Å². The highest BCUT2D eigenvalue weighted by Crippen LogP contribution is 2.41. The average molecular weight is 642 g/mol. The zero-order chi connectivity index (χ0) is 33.2. The van der Waals surface area contributed by atoms with Gasteiger partial charge in [-0.3, -0.25) is 4.57 Å². The summed E-state index contributed by atoms with van der Waals surface area (Å²) >= 11 is 0. The van der Waals surface area contributed by atoms with Gasteiger partial charge in [0, 0.05) is 11.1 Å². The first-order valence-electron chi connectivity index (χ1n) is 15.7. The Bertz CT molecular complexity index is 2160. The summed E-state index contributed by atoms with van der Waals surface area (Å²) in [6.07, 6.45) is 4.44. The van der Waals surface area contributed by atoms with E-state index in [1.165, 1.54) is 0 Å². The molecule has 4 aromatic carbocycles. The predicted octanol–water partition coefficient (Wildman–Crippen LogP) is 7.84. The van der Waals surface area contributed by atoms with Gasteiger partial charge in [-0.2, -0.15) is 0 Å². The fourth-order valence-corrected chi connectivity index (χ4v) is 6.49. The van der Waals surface area contributed by atoms with Crippen LogP contribution in [0.3, 0.4) is 0 Å². The van der Waals surface area contributed by atoms with Gasteiger partial charge in [-0.25, -0.2) is 14.8 Å². The number of carbonyl (C=O) groups is 1. The van der Waals surface area contributed by atoms with Gasteiger partial charge in [0.05, 0.1) is 56.2 Å². The number of pyridine rings is 1. The highest BCUT2D eigenvalue weighted by Gasteiger charge is 2.27. The number of aromatic nitrogens is 3. The molecule has 0 saturated heterocycles. The predicted molar refractivity (Wildman–Crippen MR) is 185 cm³/mol. The van der Waals surface area contributed by atoms with Crippen LogP contribution in [0.2, 0.25) is 0 Å². The lowest BCUT2D eigenvalue weighted by Gasteiger charge is -2.23. The summed E-state index contributed by atoms with van der Waals surface area (Å²) < 4.78 is 30.2. The molecule has 6 aromatic rings. The van der Waals surface area contributed by atoms with E-state index in [0.29, 0.717) is 35.1 Å². The van der Waals surface area contributed by atoms with E-state index in [9.17, 15) is 4.79 Å². The molecule has 9 nitrogen and oxygen atoms in total. The summed E-state index contributed by atoms with van der Waals surface area (Å²) in [5.74, 6) is 2.62. The molecule has 1 aliphatic carbocycles. The van der Waals surface area contributed by atoms with Crippen molar-refractivity contribution in [3.63, 3.8) is 0 Å². The number of carbonyl (C=O) groups excluding carboxylic acids is 1. The van der Waals surface area contributed by atoms with Crippen LogP contribution in [0, 0.1) is 0 Å². The first-order chi connectivity index (χ1) is 23.5. The fourth-order valence-electron chi connectivity index (χ4n) is 6.49. The largest absolute Gasteiger partial charge is 0.497 e. The Balaban J connectivity index is 1.28. The van der Waals surface area contributed by atoms with Crippen LogP contribution in [-0.4, -0.2) is 48.9 Å². The molecule has 9 heteroatoms. The van der Waals surface area contributed by atoms with Crippen molar-refractivity contribution in [2.45, 2.75) is 25.9 Å². The Morgan fingerprint density at radius 1 is 0.792 bits per heavy atom. The maximum absolute atomic E-state index is 14.2. The number of hydrogen-bond donors (Lipinski definition) is 0. The molecule has 0 radical (unpaired) electrons. The molecule has 0 amide bonds. The number of ether oxygens (including phenoxy) is 5. The van der Waals surface area contributed by atoms with E-state index in [-0.39, 0.29) is 6.61 Å². The van der Waals surface area contributed by atoms with Gasteiger partial charge in [-0.15, -0.1) is 0 Å². The second-order valence-corrected chi connectivity index (χ2v) is 11.4. The zero-order valence-corrected chi connectivity index (χ0v) is 27.3. The van der Waals surface area contributed by atoms with Crippen LogP contribution in [0.1, 0.15) is 45.8 Å². The minimum absolute atomic E-state index is 0.0148. The Hall–Kier alpha value is -5.83. The topological polar surface area (TPSA) is 93.9 Å². The van der Waals surface area contributed by atoms with Crippen molar-refractivity contribution < 1.29 is 28.5 Å². The fraction of sp³-hybridized carbons (Fsp3) is 0.205. The van der Waals surface area contributed by atoms with E-state index < -0.39 is 5.97 Å². The van der Waals surface area contributed by atoms with Crippen LogP contribution in [0.4, 0.5) is 0 Å². The van der Waals surface area contributed by atoms with Crippen LogP contribution < -0.4 is 18.9 Å². The number of allylic oxidation sites excluding steroid dienone is 1. The van der Waals surface area contributed by atoms with Crippen LogP contribution in [-0.2, 0) is 17.8 Å². The molecule has 0 saturated carbocycles. The van der Waals surface area contributed by atoms with Gasteiger partial charge < -0.3 is 23.7 Å². The number of para-hydroxylation sites is 3. The second kappa shape index (κ2) is 13.1. The lowest BCUT2D eigenvalue weighted by atomic mass is 9.86. The maximum Gasteiger partial charge on any atom is 0.339 e. The van der Waals surface area contributed by atoms with Crippen molar-refractivity contribution in [1.29, 1.82) is 0 Å². The summed E-state index contributed by atoms with van der Waals surface area (Å²) in [5, 5.41) is 0.763. The molecule has 0 N–H and O–H groups in total. The molecule has 0 unspecified atom stereocenters. The number of fused-ring (bicyclic) bond motifs is 3. The molecule has 2 heterocycles. The molecule has 0 atom stereocenters. The smallest absolute Gasteiger partial charge is 0.339 e. The quantitative estimate of drug-likeness (QED) is 0.147. The Morgan fingerprint density at radius 2 is 1.50 bits per heavy atom. The third-order valence-electron chi connectivity index (χ3n) is 8.70. The molecule has 1 aliphatic rings. The van der Waals surface area contributed by atoms with Crippen molar-refractivity contribution >= 4 is 39.6 Å². The van der Waals surface area contributed by atoms with Gasteiger partial charge in [-0.1, -0.05) is 30.3 Å². The maximum atomic E-state index is 14.2. The first kappa shape index (κ1) is 30.8. The molecule has 0 spiro atoms. The van der Waals surface area contributed by atoms with E-state index in [2.05, 4.69) is 6.08 Å². The summed E-state index contributed by atoms with van der Waals surface area (Å²) in [5.41, 5.74) is 7.47. The molecular weight excluding hydrogens is 606 g/mol. The van der Waals surface area contributed by atoms with Crippen molar-refractivity contribution in [2.24, 2.45) is 0 Å². The van der Waals surface area contributed by atoms with Crippen molar-refractivity contribution in [1.82, 2.24) is 14.5 Å². The molecule has 0 aliphatic heterocycles. The summed E-state index contributed by atoms with van der Waals surface area (Å²) in [6, 6.07) is 27.1. The lowest BCUT2D eigenvalue weighted by Crippen LogP contribution is -2.16.